The van der Waals surface area contributed by atoms with Gasteiger partial charge in [-0.15, -0.1) is 11.3 Å². The van der Waals surface area contributed by atoms with E-state index < -0.39 is 0 Å². The third kappa shape index (κ3) is 0.842. The van der Waals surface area contributed by atoms with E-state index in [1.807, 2.05) is 13.0 Å². The Balaban J connectivity index is 3.14. The van der Waals surface area contributed by atoms with Gasteiger partial charge in [0.05, 0.1) is 0 Å². The molecule has 0 aliphatic rings. The fourth-order valence-electron chi connectivity index (χ4n) is 0.650. The summed E-state index contributed by atoms with van der Waals surface area (Å²) in [6.45, 7) is 4.10. The van der Waals surface area contributed by atoms with E-state index in [1.165, 1.54) is 9.75 Å². The number of nitrogen functional groups attached to an aromatic ring is 1. The van der Waals surface area contributed by atoms with Gasteiger partial charge in [0.15, 0.2) is 0 Å². The van der Waals surface area contributed by atoms with Crippen molar-refractivity contribution in [2.24, 2.45) is 0 Å². The maximum absolute atomic E-state index is 5.55. The van der Waals surface area contributed by atoms with Gasteiger partial charge < -0.3 is 5.73 Å². The highest BCUT2D eigenvalue weighted by molar-refractivity contribution is 7.12. The van der Waals surface area contributed by atoms with Gasteiger partial charge in [0.2, 0.25) is 0 Å². The summed E-state index contributed by atoms with van der Waals surface area (Å²) in [6, 6.07) is 2.00. The van der Waals surface area contributed by atoms with E-state index in [9.17, 15) is 0 Å². The molecule has 1 rings (SSSR count). The second-order valence-electron chi connectivity index (χ2n) is 1.87. The SMILES string of the molecule is Cc1cc(N)c(C)s1. The molecule has 0 amide bonds. The fraction of sp³-hybridized carbons (Fsp3) is 0.333. The van der Waals surface area contributed by atoms with Gasteiger partial charge in [-0.05, 0) is 19.9 Å². The second kappa shape index (κ2) is 1.78. The predicted molar refractivity (Wildman–Crippen MR) is 38.2 cm³/mol. The number of nitrogens with two attached hydrogens (primary N) is 1. The van der Waals surface area contributed by atoms with E-state index >= 15 is 0 Å². The lowest BCUT2D eigenvalue weighted by Gasteiger charge is -1.81. The lowest BCUT2D eigenvalue weighted by molar-refractivity contribution is 1.60. The predicted octanol–water partition coefficient (Wildman–Crippen LogP) is 1.95. The number of thiophene rings is 1. The Labute approximate surface area is 53.1 Å². The van der Waals surface area contributed by atoms with Crippen LogP contribution in [0.3, 0.4) is 0 Å². The molecular weight excluding hydrogens is 118 g/mol. The van der Waals surface area contributed by atoms with Gasteiger partial charge in [-0.3, -0.25) is 0 Å². The van der Waals surface area contributed by atoms with Crippen LogP contribution in [0.15, 0.2) is 6.07 Å². The van der Waals surface area contributed by atoms with Crippen LogP contribution in [0.4, 0.5) is 5.69 Å². The molecule has 8 heavy (non-hydrogen) atoms. The smallest absolute Gasteiger partial charge is 0.0455 e. The highest BCUT2D eigenvalue weighted by Crippen LogP contribution is 2.21. The third-order valence-corrected chi connectivity index (χ3v) is 2.06. The van der Waals surface area contributed by atoms with Crippen molar-refractivity contribution < 1.29 is 0 Å². The molecule has 0 aromatic carbocycles. The molecule has 2 N–H and O–H groups in total. The standard InChI is InChI=1S/C6H9NS/c1-4-3-6(7)5(2)8-4/h3H,7H2,1-2H3. The maximum Gasteiger partial charge on any atom is 0.0455 e. The van der Waals surface area contributed by atoms with Crippen molar-refractivity contribution in [1.29, 1.82) is 0 Å². The Morgan fingerprint density at radius 2 is 2.12 bits per heavy atom. The van der Waals surface area contributed by atoms with Crippen LogP contribution < -0.4 is 5.73 Å². The molecule has 0 spiro atoms. The largest absolute Gasteiger partial charge is 0.398 e. The molecule has 0 aliphatic heterocycles. The van der Waals surface area contributed by atoms with Crippen LogP contribution >= 0.6 is 11.3 Å². The van der Waals surface area contributed by atoms with Crippen molar-refractivity contribution in [1.82, 2.24) is 0 Å². The van der Waals surface area contributed by atoms with Gasteiger partial charge in [0, 0.05) is 15.4 Å². The average molecular weight is 127 g/mol. The van der Waals surface area contributed by atoms with Crippen LogP contribution in [0.2, 0.25) is 0 Å². The van der Waals surface area contributed by atoms with E-state index in [4.69, 9.17) is 5.73 Å². The van der Waals surface area contributed by atoms with Gasteiger partial charge in [-0.2, -0.15) is 0 Å². The summed E-state index contributed by atoms with van der Waals surface area (Å²) < 4.78 is 0. The van der Waals surface area contributed by atoms with E-state index in [0.717, 1.165) is 5.69 Å². The zero-order valence-electron chi connectivity index (χ0n) is 5.06. The molecule has 1 heterocycles. The lowest BCUT2D eigenvalue weighted by atomic mass is 10.4. The minimum atomic E-state index is 0.924. The van der Waals surface area contributed by atoms with Crippen molar-refractivity contribution in [3.05, 3.63) is 15.8 Å². The topological polar surface area (TPSA) is 26.0 Å². The lowest BCUT2D eigenvalue weighted by Crippen LogP contribution is -1.80. The van der Waals surface area contributed by atoms with Gasteiger partial charge in [0.25, 0.3) is 0 Å². The first-order valence-corrected chi connectivity index (χ1v) is 3.34. The van der Waals surface area contributed by atoms with Crippen molar-refractivity contribution in [2.75, 3.05) is 5.73 Å². The molecular formula is C6H9NS. The van der Waals surface area contributed by atoms with E-state index in [1.54, 1.807) is 11.3 Å². The van der Waals surface area contributed by atoms with Crippen LogP contribution in [-0.2, 0) is 0 Å². The van der Waals surface area contributed by atoms with E-state index in [-0.39, 0.29) is 0 Å². The van der Waals surface area contributed by atoms with Gasteiger partial charge in [-0.25, -0.2) is 0 Å². The van der Waals surface area contributed by atoms with Crippen LogP contribution in [-0.4, -0.2) is 0 Å². The number of aryl methyl sites for hydroxylation is 2. The number of anilines is 1. The zero-order valence-corrected chi connectivity index (χ0v) is 5.88. The monoisotopic (exact) mass is 127 g/mol. The minimum Gasteiger partial charge on any atom is -0.398 e. The number of rotatable bonds is 0. The van der Waals surface area contributed by atoms with Gasteiger partial charge in [0.1, 0.15) is 0 Å². The molecule has 44 valence electrons. The van der Waals surface area contributed by atoms with Gasteiger partial charge in [-0.1, -0.05) is 0 Å². The molecule has 0 bridgehead atoms. The first-order chi connectivity index (χ1) is 3.70. The van der Waals surface area contributed by atoms with Crippen LogP contribution in [0.1, 0.15) is 9.75 Å². The molecule has 1 nitrogen and oxygen atoms in total. The quantitative estimate of drug-likeness (QED) is 0.566. The molecule has 0 saturated carbocycles. The molecule has 0 radical (unpaired) electrons. The summed E-state index contributed by atoms with van der Waals surface area (Å²) in [5.41, 5.74) is 6.47. The Morgan fingerprint density at radius 1 is 1.50 bits per heavy atom. The Bertz CT molecular complexity index is 171. The summed E-state index contributed by atoms with van der Waals surface area (Å²) in [5, 5.41) is 0. The van der Waals surface area contributed by atoms with Crippen LogP contribution in [0, 0.1) is 13.8 Å². The summed E-state index contributed by atoms with van der Waals surface area (Å²) >= 11 is 1.74. The highest BCUT2D eigenvalue weighted by atomic mass is 32.1. The Kier molecular flexibility index (Phi) is 1.26. The van der Waals surface area contributed by atoms with Crippen molar-refractivity contribution in [3.8, 4) is 0 Å². The molecule has 1 aromatic rings. The average Bonchev–Trinajstić information content (AvgIpc) is 1.85. The maximum atomic E-state index is 5.55. The van der Waals surface area contributed by atoms with E-state index in [0.29, 0.717) is 0 Å². The Hall–Kier alpha value is -0.500. The minimum absolute atomic E-state index is 0.924. The zero-order chi connectivity index (χ0) is 6.15. The fourth-order valence-corrected chi connectivity index (χ4v) is 1.50. The van der Waals surface area contributed by atoms with Crippen molar-refractivity contribution in [2.45, 2.75) is 13.8 Å². The first-order valence-electron chi connectivity index (χ1n) is 2.52. The highest BCUT2D eigenvalue weighted by Gasteiger charge is 1.94. The van der Waals surface area contributed by atoms with Crippen LogP contribution in [0.5, 0.6) is 0 Å². The normalized spacial score (nSPS) is 9.75. The number of hydrogen-bond acceptors (Lipinski definition) is 2. The molecule has 0 aliphatic carbocycles. The summed E-state index contributed by atoms with van der Waals surface area (Å²) in [4.78, 5) is 2.52. The molecule has 0 saturated heterocycles. The first kappa shape index (κ1) is 5.63. The summed E-state index contributed by atoms with van der Waals surface area (Å²) in [5.74, 6) is 0. The number of hydrogen-bond donors (Lipinski definition) is 1. The summed E-state index contributed by atoms with van der Waals surface area (Å²) in [7, 11) is 0. The van der Waals surface area contributed by atoms with Crippen molar-refractivity contribution in [3.63, 3.8) is 0 Å². The third-order valence-electron chi connectivity index (χ3n) is 1.08. The Morgan fingerprint density at radius 3 is 2.25 bits per heavy atom. The molecule has 0 atom stereocenters. The van der Waals surface area contributed by atoms with Crippen LogP contribution in [0.25, 0.3) is 0 Å². The second-order valence-corrected chi connectivity index (χ2v) is 3.33. The molecule has 0 unspecified atom stereocenters. The summed E-state index contributed by atoms with van der Waals surface area (Å²) in [6.07, 6.45) is 0. The molecule has 2 heteroatoms. The van der Waals surface area contributed by atoms with E-state index in [2.05, 4.69) is 6.92 Å². The van der Waals surface area contributed by atoms with Crippen molar-refractivity contribution >= 4 is 17.0 Å². The van der Waals surface area contributed by atoms with Gasteiger partial charge >= 0.3 is 0 Å². The molecule has 1 aromatic heterocycles. The molecule has 0 fully saturated rings.